The van der Waals surface area contributed by atoms with Gasteiger partial charge in [0.1, 0.15) is 0 Å². The monoisotopic (exact) mass is 309 g/mol. The van der Waals surface area contributed by atoms with Crippen molar-refractivity contribution in [1.82, 2.24) is 5.32 Å². The molecule has 120 valence electrons. The molecule has 0 spiro atoms. The number of benzene rings is 1. The molecule has 0 aliphatic heterocycles. The molecule has 0 aromatic heterocycles. The number of amides is 1. The summed E-state index contributed by atoms with van der Waals surface area (Å²) in [4.78, 5) is 23.7. The molecular weight excluding hydrogens is 289 g/mol. The van der Waals surface area contributed by atoms with E-state index in [0.29, 0.717) is 12.8 Å². The molecule has 2 rings (SSSR count). The Balaban J connectivity index is 2.06. The maximum Gasteiger partial charge on any atom is 0.311 e. The molecule has 1 amide bonds. The van der Waals surface area contributed by atoms with Gasteiger partial charge in [-0.15, -0.1) is 0 Å². The van der Waals surface area contributed by atoms with E-state index in [4.69, 9.17) is 4.74 Å². The standard InChI is InChI=1S/C16H20FNO4/c1-22-13-9-11(5-6-12(13)17)14(19)18-10-16(15(20)21)7-3-2-4-8-16/h5-6,9H,2-4,7-8,10H2,1H3,(H,18,19)(H,20,21). The highest BCUT2D eigenvalue weighted by Crippen LogP contribution is 2.36. The first kappa shape index (κ1) is 16.3. The third-order valence-electron chi connectivity index (χ3n) is 4.26. The van der Waals surface area contributed by atoms with Crippen molar-refractivity contribution in [2.45, 2.75) is 32.1 Å². The molecule has 22 heavy (non-hydrogen) atoms. The highest BCUT2D eigenvalue weighted by atomic mass is 19.1. The summed E-state index contributed by atoms with van der Waals surface area (Å²) in [5.74, 6) is -1.86. The predicted molar refractivity (Wildman–Crippen MR) is 78.4 cm³/mol. The molecule has 0 atom stereocenters. The maximum atomic E-state index is 13.3. The van der Waals surface area contributed by atoms with Crippen LogP contribution in [0.5, 0.6) is 5.75 Å². The second-order valence-electron chi connectivity index (χ2n) is 5.68. The van der Waals surface area contributed by atoms with Crippen molar-refractivity contribution >= 4 is 11.9 Å². The number of carboxylic acid groups (broad SMARTS) is 1. The Morgan fingerprint density at radius 1 is 1.32 bits per heavy atom. The number of aliphatic carboxylic acids is 1. The number of methoxy groups -OCH3 is 1. The largest absolute Gasteiger partial charge is 0.494 e. The minimum absolute atomic E-state index is 0.0155. The summed E-state index contributed by atoms with van der Waals surface area (Å²) in [5, 5.41) is 12.1. The fourth-order valence-electron chi connectivity index (χ4n) is 2.85. The van der Waals surface area contributed by atoms with Crippen molar-refractivity contribution < 1.29 is 23.8 Å². The van der Waals surface area contributed by atoms with Crippen LogP contribution in [0.2, 0.25) is 0 Å². The molecule has 0 heterocycles. The van der Waals surface area contributed by atoms with Crippen LogP contribution in [0.4, 0.5) is 4.39 Å². The van der Waals surface area contributed by atoms with E-state index >= 15 is 0 Å². The molecule has 0 unspecified atom stereocenters. The van der Waals surface area contributed by atoms with Crippen molar-refractivity contribution in [3.05, 3.63) is 29.6 Å². The van der Waals surface area contributed by atoms with Gasteiger partial charge >= 0.3 is 5.97 Å². The van der Waals surface area contributed by atoms with E-state index in [0.717, 1.165) is 25.3 Å². The van der Waals surface area contributed by atoms with Gasteiger partial charge in [0.05, 0.1) is 12.5 Å². The number of carboxylic acids is 1. The van der Waals surface area contributed by atoms with Gasteiger partial charge in [0.25, 0.3) is 5.91 Å². The highest BCUT2D eigenvalue weighted by molar-refractivity contribution is 5.95. The van der Waals surface area contributed by atoms with Crippen LogP contribution in [0, 0.1) is 11.2 Å². The summed E-state index contributed by atoms with van der Waals surface area (Å²) in [6, 6.07) is 3.81. The van der Waals surface area contributed by atoms with Crippen molar-refractivity contribution in [3.63, 3.8) is 0 Å². The Bertz CT molecular complexity index is 567. The summed E-state index contributed by atoms with van der Waals surface area (Å²) < 4.78 is 18.2. The summed E-state index contributed by atoms with van der Waals surface area (Å²) >= 11 is 0. The third kappa shape index (κ3) is 3.37. The van der Waals surface area contributed by atoms with E-state index in [1.165, 1.54) is 19.2 Å². The summed E-state index contributed by atoms with van der Waals surface area (Å²) in [5.41, 5.74) is -0.646. The number of carbonyl (C=O) groups excluding carboxylic acids is 1. The number of rotatable bonds is 5. The second kappa shape index (κ2) is 6.77. The summed E-state index contributed by atoms with van der Waals surface area (Å²) in [7, 11) is 1.32. The minimum Gasteiger partial charge on any atom is -0.494 e. The van der Waals surface area contributed by atoms with Gasteiger partial charge < -0.3 is 15.2 Å². The lowest BCUT2D eigenvalue weighted by Crippen LogP contribution is -2.44. The van der Waals surface area contributed by atoms with Gasteiger partial charge in [-0.1, -0.05) is 19.3 Å². The molecule has 2 N–H and O–H groups in total. The molecule has 0 radical (unpaired) electrons. The van der Waals surface area contributed by atoms with Crippen LogP contribution in [0.15, 0.2) is 18.2 Å². The molecule has 1 aromatic carbocycles. The first-order valence-electron chi connectivity index (χ1n) is 7.34. The van der Waals surface area contributed by atoms with Crippen LogP contribution < -0.4 is 10.1 Å². The number of ether oxygens (including phenoxy) is 1. The second-order valence-corrected chi connectivity index (χ2v) is 5.68. The fourth-order valence-corrected chi connectivity index (χ4v) is 2.85. The zero-order valence-electron chi connectivity index (χ0n) is 12.5. The average molecular weight is 309 g/mol. The van der Waals surface area contributed by atoms with Gasteiger partial charge in [0.2, 0.25) is 0 Å². The topological polar surface area (TPSA) is 75.6 Å². The minimum atomic E-state index is -0.891. The molecular formula is C16H20FNO4. The molecule has 5 nitrogen and oxygen atoms in total. The zero-order chi connectivity index (χ0) is 16.2. The Morgan fingerprint density at radius 2 is 2.00 bits per heavy atom. The van der Waals surface area contributed by atoms with Gasteiger partial charge in [-0.05, 0) is 31.0 Å². The smallest absolute Gasteiger partial charge is 0.311 e. The van der Waals surface area contributed by atoms with E-state index in [9.17, 15) is 19.1 Å². The van der Waals surface area contributed by atoms with E-state index in [1.54, 1.807) is 0 Å². The SMILES string of the molecule is COc1cc(C(=O)NCC2(C(=O)O)CCCCC2)ccc1F. The van der Waals surface area contributed by atoms with Crippen LogP contribution >= 0.6 is 0 Å². The van der Waals surface area contributed by atoms with E-state index < -0.39 is 23.1 Å². The number of carbonyl (C=O) groups is 2. The van der Waals surface area contributed by atoms with E-state index in [1.807, 2.05) is 0 Å². The van der Waals surface area contributed by atoms with Crippen molar-refractivity contribution in [2.75, 3.05) is 13.7 Å². The van der Waals surface area contributed by atoms with Gasteiger partial charge in [0.15, 0.2) is 11.6 Å². The lowest BCUT2D eigenvalue weighted by atomic mass is 9.74. The Labute approximate surface area is 128 Å². The summed E-state index contributed by atoms with van der Waals surface area (Å²) in [6.07, 6.45) is 3.86. The van der Waals surface area contributed by atoms with Crippen LogP contribution in [-0.4, -0.2) is 30.6 Å². The van der Waals surface area contributed by atoms with Gasteiger partial charge in [-0.25, -0.2) is 4.39 Å². The first-order chi connectivity index (χ1) is 10.5. The molecule has 1 aliphatic rings. The van der Waals surface area contributed by atoms with Crippen LogP contribution in [-0.2, 0) is 4.79 Å². The zero-order valence-corrected chi connectivity index (χ0v) is 12.5. The molecule has 6 heteroatoms. The molecule has 1 aromatic rings. The summed E-state index contributed by atoms with van der Waals surface area (Å²) in [6.45, 7) is 0.0842. The normalized spacial score (nSPS) is 16.8. The number of nitrogens with one attached hydrogen (secondary N) is 1. The van der Waals surface area contributed by atoms with Crippen molar-refractivity contribution in [1.29, 1.82) is 0 Å². The lowest BCUT2D eigenvalue weighted by Gasteiger charge is -2.33. The molecule has 0 saturated heterocycles. The average Bonchev–Trinajstić information content (AvgIpc) is 2.53. The predicted octanol–water partition coefficient (Wildman–Crippen LogP) is 2.60. The lowest BCUT2D eigenvalue weighted by molar-refractivity contribution is -0.150. The van der Waals surface area contributed by atoms with Crippen LogP contribution in [0.1, 0.15) is 42.5 Å². The molecule has 1 aliphatic carbocycles. The highest BCUT2D eigenvalue weighted by Gasteiger charge is 2.39. The van der Waals surface area contributed by atoms with Crippen molar-refractivity contribution in [3.8, 4) is 5.75 Å². The number of hydrogen-bond acceptors (Lipinski definition) is 3. The number of hydrogen-bond donors (Lipinski definition) is 2. The quantitative estimate of drug-likeness (QED) is 0.876. The Morgan fingerprint density at radius 3 is 2.59 bits per heavy atom. The van der Waals surface area contributed by atoms with E-state index in [-0.39, 0.29) is 17.9 Å². The fraction of sp³-hybridized carbons (Fsp3) is 0.500. The first-order valence-corrected chi connectivity index (χ1v) is 7.34. The molecule has 1 fully saturated rings. The molecule has 1 saturated carbocycles. The van der Waals surface area contributed by atoms with Gasteiger partial charge in [-0.2, -0.15) is 0 Å². The van der Waals surface area contributed by atoms with Crippen LogP contribution in [0.3, 0.4) is 0 Å². The maximum absolute atomic E-state index is 13.3. The van der Waals surface area contributed by atoms with Gasteiger partial charge in [-0.3, -0.25) is 9.59 Å². The third-order valence-corrected chi connectivity index (χ3v) is 4.26. The van der Waals surface area contributed by atoms with Crippen molar-refractivity contribution in [2.24, 2.45) is 5.41 Å². The Kier molecular flexibility index (Phi) is 5.00. The number of halogens is 1. The molecule has 0 bridgehead atoms. The van der Waals surface area contributed by atoms with E-state index in [2.05, 4.69) is 5.32 Å². The Hall–Kier alpha value is -2.11. The van der Waals surface area contributed by atoms with Gasteiger partial charge in [0, 0.05) is 12.1 Å². The van der Waals surface area contributed by atoms with Crippen LogP contribution in [0.25, 0.3) is 0 Å².